The summed E-state index contributed by atoms with van der Waals surface area (Å²) in [5, 5.41) is 15.9. The molecule has 1 heterocycles. The molecule has 0 saturated carbocycles. The summed E-state index contributed by atoms with van der Waals surface area (Å²) in [7, 11) is -3.33. The summed E-state index contributed by atoms with van der Waals surface area (Å²) in [6.45, 7) is 4.39. The highest BCUT2D eigenvalue weighted by Gasteiger charge is 2.13. The first kappa shape index (κ1) is 20.5. The topological polar surface area (TPSA) is 117 Å². The van der Waals surface area contributed by atoms with Gasteiger partial charge in [-0.1, -0.05) is 0 Å². The van der Waals surface area contributed by atoms with Gasteiger partial charge >= 0.3 is 0 Å². The fourth-order valence-electron chi connectivity index (χ4n) is 2.77. The molecule has 9 heteroatoms. The number of carbonyl (C=O) groups is 1. The number of hydrogen-bond donors (Lipinski definition) is 2. The van der Waals surface area contributed by atoms with E-state index in [1.54, 1.807) is 28.9 Å². The van der Waals surface area contributed by atoms with E-state index >= 15 is 0 Å². The fourth-order valence-corrected chi connectivity index (χ4v) is 3.33. The third-order valence-corrected chi connectivity index (χ3v) is 4.65. The average Bonchev–Trinajstić information content (AvgIpc) is 2.85. The summed E-state index contributed by atoms with van der Waals surface area (Å²) in [4.78, 5) is 12.2. The van der Waals surface area contributed by atoms with Crippen LogP contribution in [0.4, 0.5) is 11.4 Å². The number of sulfonamides is 1. The quantitative estimate of drug-likeness (QED) is 0.719. The standard InChI is InChI=1S/C18H23N5O3S/c1-13-17(14(2)23(21-13)12-4-11-19)9-10-18(24)20-15-5-7-16(8-6-15)22-27(3,25)26/h5-8,22H,4,9-10,12H2,1-3H3,(H,20,24). The Kier molecular flexibility index (Phi) is 6.58. The van der Waals surface area contributed by atoms with Crippen LogP contribution >= 0.6 is 0 Å². The zero-order valence-corrected chi connectivity index (χ0v) is 16.4. The Bertz CT molecular complexity index is 956. The number of aromatic nitrogens is 2. The second-order valence-corrected chi connectivity index (χ2v) is 8.03. The summed E-state index contributed by atoms with van der Waals surface area (Å²) in [6, 6.07) is 8.56. The van der Waals surface area contributed by atoms with E-state index in [4.69, 9.17) is 5.26 Å². The SMILES string of the molecule is Cc1nn(CCC#N)c(C)c1CCC(=O)Nc1ccc(NS(C)(=O)=O)cc1. The molecule has 0 aliphatic carbocycles. The molecule has 0 aliphatic rings. The molecule has 0 bridgehead atoms. The molecule has 2 aromatic rings. The summed E-state index contributed by atoms with van der Waals surface area (Å²) in [6.07, 6.45) is 2.33. The van der Waals surface area contributed by atoms with Crippen molar-refractivity contribution in [2.24, 2.45) is 0 Å². The van der Waals surface area contributed by atoms with E-state index in [0.29, 0.717) is 37.2 Å². The minimum absolute atomic E-state index is 0.137. The molecule has 2 rings (SSSR count). The van der Waals surface area contributed by atoms with Crippen molar-refractivity contribution in [1.29, 1.82) is 5.26 Å². The number of nitriles is 1. The molecule has 0 saturated heterocycles. The van der Waals surface area contributed by atoms with Crippen molar-refractivity contribution in [1.82, 2.24) is 9.78 Å². The highest BCUT2D eigenvalue weighted by Crippen LogP contribution is 2.17. The maximum atomic E-state index is 12.2. The van der Waals surface area contributed by atoms with Crippen LogP contribution in [0.2, 0.25) is 0 Å². The largest absolute Gasteiger partial charge is 0.326 e. The van der Waals surface area contributed by atoms with Gasteiger partial charge < -0.3 is 5.32 Å². The summed E-state index contributed by atoms with van der Waals surface area (Å²) in [5.74, 6) is -0.137. The minimum Gasteiger partial charge on any atom is -0.326 e. The van der Waals surface area contributed by atoms with Gasteiger partial charge in [-0.25, -0.2) is 8.42 Å². The van der Waals surface area contributed by atoms with Gasteiger partial charge in [0.1, 0.15) is 0 Å². The molecule has 1 aromatic heterocycles. The predicted octanol–water partition coefficient (Wildman–Crippen LogP) is 2.36. The molecule has 8 nitrogen and oxygen atoms in total. The van der Waals surface area contributed by atoms with Gasteiger partial charge in [0.05, 0.1) is 31.0 Å². The first-order valence-electron chi connectivity index (χ1n) is 8.47. The van der Waals surface area contributed by atoms with Crippen LogP contribution in [0.25, 0.3) is 0 Å². The van der Waals surface area contributed by atoms with Crippen molar-refractivity contribution < 1.29 is 13.2 Å². The maximum Gasteiger partial charge on any atom is 0.229 e. The Hall–Kier alpha value is -2.86. The molecule has 1 amide bonds. The third kappa shape index (κ3) is 6.11. The lowest BCUT2D eigenvalue weighted by atomic mass is 10.1. The summed E-state index contributed by atoms with van der Waals surface area (Å²) >= 11 is 0. The average molecular weight is 389 g/mol. The minimum atomic E-state index is -3.33. The van der Waals surface area contributed by atoms with E-state index in [-0.39, 0.29) is 5.91 Å². The van der Waals surface area contributed by atoms with Gasteiger partial charge in [-0.3, -0.25) is 14.2 Å². The second kappa shape index (κ2) is 8.68. The Morgan fingerprint density at radius 2 is 1.85 bits per heavy atom. The van der Waals surface area contributed by atoms with Crippen LogP contribution in [0.1, 0.15) is 29.8 Å². The van der Waals surface area contributed by atoms with E-state index in [0.717, 1.165) is 23.2 Å². The summed E-state index contributed by atoms with van der Waals surface area (Å²) in [5.41, 5.74) is 3.90. The normalized spacial score (nSPS) is 11.0. The van der Waals surface area contributed by atoms with Gasteiger partial charge in [0.2, 0.25) is 15.9 Å². The Balaban J connectivity index is 1.93. The molecule has 0 radical (unpaired) electrons. The van der Waals surface area contributed by atoms with Crippen molar-refractivity contribution in [3.05, 3.63) is 41.2 Å². The lowest BCUT2D eigenvalue weighted by Crippen LogP contribution is -2.13. The first-order valence-corrected chi connectivity index (χ1v) is 10.4. The van der Waals surface area contributed by atoms with Gasteiger partial charge in [0.15, 0.2) is 0 Å². The number of aryl methyl sites for hydroxylation is 2. The van der Waals surface area contributed by atoms with E-state index in [1.165, 1.54) is 0 Å². The van der Waals surface area contributed by atoms with Crippen molar-refractivity contribution in [3.8, 4) is 6.07 Å². The number of carbonyl (C=O) groups excluding carboxylic acids is 1. The van der Waals surface area contributed by atoms with E-state index in [9.17, 15) is 13.2 Å². The lowest BCUT2D eigenvalue weighted by molar-refractivity contribution is -0.116. The summed E-state index contributed by atoms with van der Waals surface area (Å²) < 4.78 is 26.6. The molecule has 1 aromatic carbocycles. The number of benzene rings is 1. The Morgan fingerprint density at radius 3 is 2.44 bits per heavy atom. The van der Waals surface area contributed by atoms with Crippen molar-refractivity contribution in [2.45, 2.75) is 39.7 Å². The predicted molar refractivity (Wildman–Crippen MR) is 104 cm³/mol. The van der Waals surface area contributed by atoms with Gasteiger partial charge in [-0.15, -0.1) is 0 Å². The van der Waals surface area contributed by atoms with Gasteiger partial charge in [-0.05, 0) is 50.1 Å². The monoisotopic (exact) mass is 389 g/mol. The molecule has 0 aliphatic heterocycles. The van der Waals surface area contributed by atoms with Crippen molar-refractivity contribution >= 4 is 27.3 Å². The van der Waals surface area contributed by atoms with Crippen LogP contribution < -0.4 is 10.0 Å². The number of nitrogens with zero attached hydrogens (tertiary/aromatic N) is 3. The molecule has 2 N–H and O–H groups in total. The van der Waals surface area contributed by atoms with Gasteiger partial charge in [0.25, 0.3) is 0 Å². The van der Waals surface area contributed by atoms with Crippen LogP contribution in [0.5, 0.6) is 0 Å². The molecule has 0 unspecified atom stereocenters. The van der Waals surface area contributed by atoms with Crippen LogP contribution in [0.3, 0.4) is 0 Å². The van der Waals surface area contributed by atoms with Crippen molar-refractivity contribution in [2.75, 3.05) is 16.3 Å². The van der Waals surface area contributed by atoms with Crippen molar-refractivity contribution in [3.63, 3.8) is 0 Å². The molecular weight excluding hydrogens is 366 g/mol. The smallest absolute Gasteiger partial charge is 0.229 e. The Labute approximate surface area is 159 Å². The molecule has 144 valence electrons. The van der Waals surface area contributed by atoms with Crippen LogP contribution in [0.15, 0.2) is 24.3 Å². The zero-order valence-electron chi connectivity index (χ0n) is 15.6. The fraction of sp³-hybridized carbons (Fsp3) is 0.389. The van der Waals surface area contributed by atoms with Gasteiger partial charge in [-0.2, -0.15) is 10.4 Å². The first-order chi connectivity index (χ1) is 12.7. The highest BCUT2D eigenvalue weighted by molar-refractivity contribution is 7.92. The van der Waals surface area contributed by atoms with Crippen LogP contribution in [-0.4, -0.2) is 30.4 Å². The van der Waals surface area contributed by atoms with Crippen LogP contribution in [0, 0.1) is 25.2 Å². The molecule has 0 spiro atoms. The number of rotatable bonds is 8. The van der Waals surface area contributed by atoms with E-state index in [2.05, 4.69) is 21.2 Å². The molecule has 0 fully saturated rings. The number of hydrogen-bond acceptors (Lipinski definition) is 5. The molecule has 0 atom stereocenters. The van der Waals surface area contributed by atoms with E-state index < -0.39 is 10.0 Å². The molecular formula is C18H23N5O3S. The van der Waals surface area contributed by atoms with Gasteiger partial charge in [0, 0.05) is 23.5 Å². The lowest BCUT2D eigenvalue weighted by Gasteiger charge is -2.08. The number of amides is 1. The molecule has 27 heavy (non-hydrogen) atoms. The third-order valence-electron chi connectivity index (χ3n) is 4.04. The Morgan fingerprint density at radius 1 is 1.22 bits per heavy atom. The highest BCUT2D eigenvalue weighted by atomic mass is 32.2. The zero-order chi connectivity index (χ0) is 20.0. The van der Waals surface area contributed by atoms with E-state index in [1.807, 2.05) is 13.8 Å². The second-order valence-electron chi connectivity index (χ2n) is 6.28. The number of nitrogens with one attached hydrogen (secondary N) is 2. The van der Waals surface area contributed by atoms with Crippen LogP contribution in [-0.2, 0) is 27.8 Å². The maximum absolute atomic E-state index is 12.2. The number of anilines is 2.